The van der Waals surface area contributed by atoms with Gasteiger partial charge in [-0.2, -0.15) is 0 Å². The molecule has 160 valence electrons. The summed E-state index contributed by atoms with van der Waals surface area (Å²) in [6.07, 6.45) is 5.93. The van der Waals surface area contributed by atoms with Crippen molar-refractivity contribution in [3.8, 4) is 22.6 Å². The van der Waals surface area contributed by atoms with E-state index in [1.165, 1.54) is 12.7 Å². The van der Waals surface area contributed by atoms with Crippen molar-refractivity contribution in [2.24, 2.45) is 0 Å². The fraction of sp³-hybridized carbons (Fsp3) is 0.280. The van der Waals surface area contributed by atoms with E-state index in [1.807, 2.05) is 24.3 Å². The standard InChI is InChI=1S/C25H24ClNO4/c1-29-19-6-8-23(26)22(14-19)17-5-7-20-16(10-12-31-24(20)13-17)3-4-18-15-27-11-9-21(18)25(28)30-2/h5-9,11,13-16H,3-4,10,12H2,1-2H3/t16-/m1/s1. The minimum atomic E-state index is -0.329. The number of carbonyl (C=O) groups excluding carboxylic acids is 1. The maximum atomic E-state index is 12.0. The van der Waals surface area contributed by atoms with Gasteiger partial charge < -0.3 is 14.2 Å². The first-order valence-corrected chi connectivity index (χ1v) is 10.6. The Bertz CT molecular complexity index is 1100. The number of methoxy groups -OCH3 is 2. The molecular weight excluding hydrogens is 414 g/mol. The normalized spacial score (nSPS) is 15.0. The van der Waals surface area contributed by atoms with E-state index in [9.17, 15) is 4.79 Å². The van der Waals surface area contributed by atoms with Gasteiger partial charge in [0.05, 0.1) is 26.4 Å². The summed E-state index contributed by atoms with van der Waals surface area (Å²) in [4.78, 5) is 16.2. The first-order valence-electron chi connectivity index (χ1n) is 10.2. The van der Waals surface area contributed by atoms with Crippen molar-refractivity contribution in [1.82, 2.24) is 4.98 Å². The third-order valence-corrected chi connectivity index (χ3v) is 6.06. The first-order chi connectivity index (χ1) is 15.1. The number of rotatable bonds is 6. The predicted octanol–water partition coefficient (Wildman–Crippen LogP) is 5.70. The minimum absolute atomic E-state index is 0.329. The van der Waals surface area contributed by atoms with E-state index in [1.54, 1.807) is 25.6 Å². The highest BCUT2D eigenvalue weighted by atomic mass is 35.5. The fourth-order valence-corrected chi connectivity index (χ4v) is 4.28. The number of aromatic nitrogens is 1. The zero-order valence-corrected chi connectivity index (χ0v) is 18.3. The van der Waals surface area contributed by atoms with Gasteiger partial charge in [0.1, 0.15) is 11.5 Å². The Morgan fingerprint density at radius 3 is 2.87 bits per heavy atom. The number of hydrogen-bond acceptors (Lipinski definition) is 5. The lowest BCUT2D eigenvalue weighted by Crippen LogP contribution is -2.15. The van der Waals surface area contributed by atoms with Gasteiger partial charge >= 0.3 is 5.97 Å². The Hall–Kier alpha value is -3.05. The van der Waals surface area contributed by atoms with E-state index in [0.29, 0.717) is 23.1 Å². The number of nitrogens with zero attached hydrogens (tertiary/aromatic N) is 1. The predicted molar refractivity (Wildman–Crippen MR) is 120 cm³/mol. The van der Waals surface area contributed by atoms with Crippen LogP contribution in [-0.2, 0) is 11.2 Å². The number of fused-ring (bicyclic) bond motifs is 1. The zero-order valence-electron chi connectivity index (χ0n) is 17.6. The highest BCUT2D eigenvalue weighted by molar-refractivity contribution is 6.33. The van der Waals surface area contributed by atoms with Crippen LogP contribution in [-0.4, -0.2) is 31.8 Å². The molecule has 1 aromatic heterocycles. The van der Waals surface area contributed by atoms with Crippen LogP contribution in [0.25, 0.3) is 11.1 Å². The van der Waals surface area contributed by atoms with Crippen LogP contribution < -0.4 is 9.47 Å². The minimum Gasteiger partial charge on any atom is -0.497 e. The molecule has 0 unspecified atom stereocenters. The van der Waals surface area contributed by atoms with Gasteiger partial charge in [0.2, 0.25) is 0 Å². The Balaban J connectivity index is 1.57. The van der Waals surface area contributed by atoms with E-state index < -0.39 is 0 Å². The van der Waals surface area contributed by atoms with E-state index >= 15 is 0 Å². The SMILES string of the molecule is COC(=O)c1ccncc1CC[C@@H]1CCOc2cc(-c3cc(OC)ccc3Cl)ccc21. The average Bonchev–Trinajstić information content (AvgIpc) is 2.82. The van der Waals surface area contributed by atoms with Crippen LogP contribution in [0.5, 0.6) is 11.5 Å². The van der Waals surface area contributed by atoms with Gasteiger partial charge in [0.15, 0.2) is 0 Å². The highest BCUT2D eigenvalue weighted by Crippen LogP contribution is 2.41. The van der Waals surface area contributed by atoms with Crippen LogP contribution in [0.2, 0.25) is 5.02 Å². The van der Waals surface area contributed by atoms with Crippen LogP contribution in [0.4, 0.5) is 0 Å². The lowest BCUT2D eigenvalue weighted by Gasteiger charge is -2.27. The van der Waals surface area contributed by atoms with Gasteiger partial charge in [-0.3, -0.25) is 4.98 Å². The lowest BCUT2D eigenvalue weighted by molar-refractivity contribution is 0.0599. The molecule has 0 saturated heterocycles. The number of pyridine rings is 1. The number of ether oxygens (including phenoxy) is 3. The molecule has 0 amide bonds. The second kappa shape index (κ2) is 9.40. The van der Waals surface area contributed by atoms with Gasteiger partial charge in [0.25, 0.3) is 0 Å². The van der Waals surface area contributed by atoms with Crippen molar-refractivity contribution in [1.29, 1.82) is 0 Å². The summed E-state index contributed by atoms with van der Waals surface area (Å²) in [6, 6.07) is 13.6. The number of carbonyl (C=O) groups is 1. The van der Waals surface area contributed by atoms with Gasteiger partial charge in [-0.25, -0.2) is 4.79 Å². The molecule has 4 rings (SSSR count). The quantitative estimate of drug-likeness (QED) is 0.463. The molecule has 0 spiro atoms. The van der Waals surface area contributed by atoms with Crippen LogP contribution >= 0.6 is 11.6 Å². The molecule has 3 aromatic rings. The van der Waals surface area contributed by atoms with Gasteiger partial charge in [-0.05, 0) is 72.2 Å². The third-order valence-electron chi connectivity index (χ3n) is 5.73. The fourth-order valence-electron chi connectivity index (χ4n) is 4.05. The van der Waals surface area contributed by atoms with Crippen LogP contribution in [0.15, 0.2) is 54.9 Å². The third kappa shape index (κ3) is 4.52. The van der Waals surface area contributed by atoms with Gasteiger partial charge in [-0.15, -0.1) is 0 Å². The largest absolute Gasteiger partial charge is 0.497 e. The maximum Gasteiger partial charge on any atom is 0.338 e. The van der Waals surface area contributed by atoms with Crippen LogP contribution in [0, 0.1) is 0 Å². The van der Waals surface area contributed by atoms with E-state index in [0.717, 1.165) is 47.5 Å². The Morgan fingerprint density at radius 2 is 2.06 bits per heavy atom. The van der Waals surface area contributed by atoms with Crippen LogP contribution in [0.1, 0.15) is 40.2 Å². The molecule has 0 N–H and O–H groups in total. The second-order valence-corrected chi connectivity index (χ2v) is 7.90. The summed E-state index contributed by atoms with van der Waals surface area (Å²) in [7, 11) is 3.04. The van der Waals surface area contributed by atoms with Crippen molar-refractivity contribution < 1.29 is 19.0 Å². The maximum absolute atomic E-state index is 12.0. The van der Waals surface area contributed by atoms with Crippen molar-refractivity contribution >= 4 is 17.6 Å². The molecule has 2 heterocycles. The topological polar surface area (TPSA) is 57.7 Å². The van der Waals surface area contributed by atoms with Crippen LogP contribution in [0.3, 0.4) is 0 Å². The molecule has 1 aliphatic rings. The van der Waals surface area contributed by atoms with Crippen molar-refractivity contribution in [2.45, 2.75) is 25.2 Å². The molecular formula is C25H24ClNO4. The second-order valence-electron chi connectivity index (χ2n) is 7.50. The van der Waals surface area contributed by atoms with Crippen molar-refractivity contribution in [3.63, 3.8) is 0 Å². The molecule has 0 bridgehead atoms. The smallest absolute Gasteiger partial charge is 0.338 e. The van der Waals surface area contributed by atoms with E-state index in [4.69, 9.17) is 25.8 Å². The highest BCUT2D eigenvalue weighted by Gasteiger charge is 2.23. The van der Waals surface area contributed by atoms with E-state index in [-0.39, 0.29) is 5.97 Å². The summed E-state index contributed by atoms with van der Waals surface area (Å²) >= 11 is 6.43. The molecule has 0 fully saturated rings. The summed E-state index contributed by atoms with van der Waals surface area (Å²) in [6.45, 7) is 0.657. The number of hydrogen-bond donors (Lipinski definition) is 0. The lowest BCUT2D eigenvalue weighted by atomic mass is 9.86. The summed E-state index contributed by atoms with van der Waals surface area (Å²) in [5.74, 6) is 1.65. The zero-order chi connectivity index (χ0) is 21.8. The molecule has 0 radical (unpaired) electrons. The van der Waals surface area contributed by atoms with Crippen molar-refractivity contribution in [3.05, 3.63) is 76.6 Å². The molecule has 1 atom stereocenters. The molecule has 5 nitrogen and oxygen atoms in total. The summed E-state index contributed by atoms with van der Waals surface area (Å²) in [5.41, 5.74) is 4.56. The number of esters is 1. The molecule has 1 aliphatic heterocycles. The number of halogens is 1. The monoisotopic (exact) mass is 437 g/mol. The molecule has 31 heavy (non-hydrogen) atoms. The first kappa shape index (κ1) is 21.2. The molecule has 0 aliphatic carbocycles. The Morgan fingerprint density at radius 1 is 1.19 bits per heavy atom. The average molecular weight is 438 g/mol. The Kier molecular flexibility index (Phi) is 6.42. The number of benzene rings is 2. The van der Waals surface area contributed by atoms with Crippen molar-refractivity contribution in [2.75, 3.05) is 20.8 Å². The number of aryl methyl sites for hydroxylation is 1. The molecule has 0 saturated carbocycles. The van der Waals surface area contributed by atoms with Gasteiger partial charge in [-0.1, -0.05) is 23.7 Å². The summed E-state index contributed by atoms with van der Waals surface area (Å²) < 4.78 is 16.2. The van der Waals surface area contributed by atoms with E-state index in [2.05, 4.69) is 17.1 Å². The summed E-state index contributed by atoms with van der Waals surface area (Å²) in [5, 5.41) is 0.667. The van der Waals surface area contributed by atoms with Gasteiger partial charge in [0, 0.05) is 23.0 Å². The molecule has 6 heteroatoms. The Labute approximate surface area is 186 Å². The molecule has 2 aromatic carbocycles.